The maximum absolute atomic E-state index is 5.73. The highest BCUT2D eigenvalue weighted by molar-refractivity contribution is 5.85. The zero-order valence-electron chi connectivity index (χ0n) is 10.0. The Morgan fingerprint density at radius 3 is 2.81 bits per heavy atom. The fraction of sp³-hybridized carbons (Fsp3) is 0.385. The van der Waals surface area contributed by atoms with Crippen LogP contribution in [0.25, 0.3) is 10.9 Å². The van der Waals surface area contributed by atoms with Crippen LogP contribution >= 0.6 is 0 Å². The number of ether oxygens (including phenoxy) is 1. The molecule has 0 spiro atoms. The van der Waals surface area contributed by atoms with Gasteiger partial charge in [-0.2, -0.15) is 0 Å². The molecule has 2 aromatic rings. The minimum Gasteiger partial charge on any atom is -0.497 e. The van der Waals surface area contributed by atoms with Gasteiger partial charge in [-0.3, -0.25) is 0 Å². The molecule has 1 aromatic carbocycles. The van der Waals surface area contributed by atoms with E-state index in [9.17, 15) is 0 Å². The predicted octanol–water partition coefficient (Wildman–Crippen LogP) is 2.25. The summed E-state index contributed by atoms with van der Waals surface area (Å²) in [5, 5.41) is 1.24. The lowest BCUT2D eigenvalue weighted by molar-refractivity contribution is 0.415. The zero-order valence-corrected chi connectivity index (χ0v) is 10.0. The van der Waals surface area contributed by atoms with Crippen LogP contribution in [0.2, 0.25) is 0 Å². The van der Waals surface area contributed by atoms with Crippen molar-refractivity contribution in [2.45, 2.75) is 12.8 Å². The van der Waals surface area contributed by atoms with Gasteiger partial charge in [0.1, 0.15) is 5.75 Å². The van der Waals surface area contributed by atoms with Crippen LogP contribution in [0.1, 0.15) is 18.4 Å². The molecule has 1 aromatic heterocycles. The molecule has 0 aliphatic heterocycles. The molecule has 1 heterocycles. The van der Waals surface area contributed by atoms with Gasteiger partial charge in [-0.1, -0.05) is 6.92 Å². The lowest BCUT2D eigenvalue weighted by Crippen LogP contribution is -2.08. The van der Waals surface area contributed by atoms with Crippen LogP contribution in [0.3, 0.4) is 0 Å². The average molecular weight is 218 g/mol. The summed E-state index contributed by atoms with van der Waals surface area (Å²) in [6, 6.07) is 6.15. The predicted molar refractivity (Wildman–Crippen MR) is 66.9 cm³/mol. The Labute approximate surface area is 95.8 Å². The maximum Gasteiger partial charge on any atom is 0.119 e. The molecule has 0 saturated carbocycles. The van der Waals surface area contributed by atoms with Crippen molar-refractivity contribution in [1.29, 1.82) is 0 Å². The monoisotopic (exact) mass is 218 g/mol. The quantitative estimate of drug-likeness (QED) is 0.858. The normalized spacial score (nSPS) is 13.0. The van der Waals surface area contributed by atoms with E-state index < -0.39 is 0 Å². The van der Waals surface area contributed by atoms with Crippen molar-refractivity contribution in [3.63, 3.8) is 0 Å². The third-order valence-corrected chi connectivity index (χ3v) is 3.11. The maximum atomic E-state index is 5.73. The molecule has 3 nitrogen and oxygen atoms in total. The number of aryl methyl sites for hydroxylation is 1. The summed E-state index contributed by atoms with van der Waals surface area (Å²) in [7, 11) is 3.75. The van der Waals surface area contributed by atoms with Gasteiger partial charge in [-0.05, 0) is 36.2 Å². The third kappa shape index (κ3) is 1.67. The lowest BCUT2D eigenvalue weighted by atomic mass is 10.0. The number of benzene rings is 1. The SMILES string of the molecule is COc1ccc2c(c1)c(C(C)CN)cn2C. The minimum absolute atomic E-state index is 0.371. The second-order valence-corrected chi connectivity index (χ2v) is 4.22. The van der Waals surface area contributed by atoms with Crippen molar-refractivity contribution in [3.05, 3.63) is 30.0 Å². The van der Waals surface area contributed by atoms with Gasteiger partial charge >= 0.3 is 0 Å². The van der Waals surface area contributed by atoms with Crippen LogP contribution in [-0.2, 0) is 7.05 Å². The number of hydrogen-bond donors (Lipinski definition) is 1. The van der Waals surface area contributed by atoms with Crippen molar-refractivity contribution in [3.8, 4) is 5.75 Å². The van der Waals surface area contributed by atoms with Crippen LogP contribution in [0, 0.1) is 0 Å². The molecular formula is C13H18N2O. The largest absolute Gasteiger partial charge is 0.497 e. The standard InChI is InChI=1S/C13H18N2O/c1-9(7-14)12-8-15(2)13-5-4-10(16-3)6-11(12)13/h4-6,8-9H,7,14H2,1-3H3. The number of fused-ring (bicyclic) bond motifs is 1. The number of aromatic nitrogens is 1. The van der Waals surface area contributed by atoms with Crippen LogP contribution in [0.5, 0.6) is 5.75 Å². The Bertz CT molecular complexity index is 502. The molecule has 0 amide bonds. The molecular weight excluding hydrogens is 200 g/mol. The lowest BCUT2D eigenvalue weighted by Gasteiger charge is -2.07. The number of methoxy groups -OCH3 is 1. The van der Waals surface area contributed by atoms with E-state index in [1.54, 1.807) is 7.11 Å². The van der Waals surface area contributed by atoms with Crippen molar-refractivity contribution in [2.75, 3.05) is 13.7 Å². The van der Waals surface area contributed by atoms with Gasteiger partial charge in [-0.15, -0.1) is 0 Å². The Balaban J connectivity index is 2.65. The summed E-state index contributed by atoms with van der Waals surface area (Å²) in [5.41, 5.74) is 8.24. The van der Waals surface area contributed by atoms with E-state index in [1.807, 2.05) is 6.07 Å². The molecule has 16 heavy (non-hydrogen) atoms. The van der Waals surface area contributed by atoms with Gasteiger partial charge in [-0.25, -0.2) is 0 Å². The number of nitrogens with zero attached hydrogens (tertiary/aromatic N) is 1. The second-order valence-electron chi connectivity index (χ2n) is 4.22. The Kier molecular flexibility index (Phi) is 2.88. The molecule has 0 saturated heterocycles. The number of rotatable bonds is 3. The molecule has 86 valence electrons. The zero-order chi connectivity index (χ0) is 11.7. The van der Waals surface area contributed by atoms with Crippen molar-refractivity contribution in [1.82, 2.24) is 4.57 Å². The molecule has 0 aliphatic rings. The fourth-order valence-corrected chi connectivity index (χ4v) is 2.05. The minimum atomic E-state index is 0.371. The molecule has 1 unspecified atom stereocenters. The molecule has 1 atom stereocenters. The van der Waals surface area contributed by atoms with Gasteiger partial charge in [0, 0.05) is 24.1 Å². The van der Waals surface area contributed by atoms with E-state index in [2.05, 4.69) is 36.9 Å². The summed E-state index contributed by atoms with van der Waals surface area (Å²) >= 11 is 0. The summed E-state index contributed by atoms with van der Waals surface area (Å²) in [6.45, 7) is 2.81. The first-order chi connectivity index (χ1) is 7.67. The Hall–Kier alpha value is -1.48. The summed E-state index contributed by atoms with van der Waals surface area (Å²) < 4.78 is 7.39. The van der Waals surface area contributed by atoms with E-state index in [0.29, 0.717) is 12.5 Å². The summed E-state index contributed by atoms with van der Waals surface area (Å²) in [4.78, 5) is 0. The van der Waals surface area contributed by atoms with Gasteiger partial charge in [0.25, 0.3) is 0 Å². The smallest absolute Gasteiger partial charge is 0.119 e. The topological polar surface area (TPSA) is 40.2 Å². The summed E-state index contributed by atoms with van der Waals surface area (Å²) in [6.07, 6.45) is 2.15. The van der Waals surface area contributed by atoms with Gasteiger partial charge in [0.05, 0.1) is 7.11 Å². The molecule has 3 heteroatoms. The molecule has 2 N–H and O–H groups in total. The van der Waals surface area contributed by atoms with E-state index in [-0.39, 0.29) is 0 Å². The molecule has 0 aliphatic carbocycles. The van der Waals surface area contributed by atoms with Crippen molar-refractivity contribution in [2.24, 2.45) is 12.8 Å². The molecule has 0 radical (unpaired) electrons. The third-order valence-electron chi connectivity index (χ3n) is 3.11. The highest BCUT2D eigenvalue weighted by Crippen LogP contribution is 2.29. The van der Waals surface area contributed by atoms with Crippen LogP contribution in [0.4, 0.5) is 0 Å². The highest BCUT2D eigenvalue weighted by Gasteiger charge is 2.12. The first-order valence-electron chi connectivity index (χ1n) is 5.50. The average Bonchev–Trinajstić information content (AvgIpc) is 2.65. The second kappa shape index (κ2) is 4.18. The van der Waals surface area contributed by atoms with Gasteiger partial charge in [0.2, 0.25) is 0 Å². The van der Waals surface area contributed by atoms with Crippen molar-refractivity contribution < 1.29 is 4.74 Å². The molecule has 0 bridgehead atoms. The number of nitrogens with two attached hydrogens (primary N) is 1. The fourth-order valence-electron chi connectivity index (χ4n) is 2.05. The molecule has 2 rings (SSSR count). The van der Waals surface area contributed by atoms with Crippen LogP contribution in [0.15, 0.2) is 24.4 Å². The number of hydrogen-bond acceptors (Lipinski definition) is 2. The molecule has 0 fully saturated rings. The van der Waals surface area contributed by atoms with Gasteiger partial charge in [0.15, 0.2) is 0 Å². The van der Waals surface area contributed by atoms with E-state index in [1.165, 1.54) is 16.5 Å². The first-order valence-corrected chi connectivity index (χ1v) is 5.50. The van der Waals surface area contributed by atoms with E-state index in [0.717, 1.165) is 5.75 Å². The Morgan fingerprint density at radius 2 is 2.19 bits per heavy atom. The van der Waals surface area contributed by atoms with Crippen LogP contribution in [-0.4, -0.2) is 18.2 Å². The first kappa shape index (κ1) is 11.0. The van der Waals surface area contributed by atoms with Gasteiger partial charge < -0.3 is 15.0 Å². The van der Waals surface area contributed by atoms with Crippen LogP contribution < -0.4 is 10.5 Å². The van der Waals surface area contributed by atoms with Crippen molar-refractivity contribution >= 4 is 10.9 Å². The van der Waals surface area contributed by atoms with E-state index in [4.69, 9.17) is 10.5 Å². The Morgan fingerprint density at radius 1 is 1.44 bits per heavy atom. The summed E-state index contributed by atoms with van der Waals surface area (Å²) in [5.74, 6) is 1.26. The highest BCUT2D eigenvalue weighted by atomic mass is 16.5. The van der Waals surface area contributed by atoms with E-state index >= 15 is 0 Å².